The second-order valence-corrected chi connectivity index (χ2v) is 8.80. The van der Waals surface area contributed by atoms with Crippen molar-refractivity contribution in [3.63, 3.8) is 0 Å². The second-order valence-electron chi connectivity index (χ2n) is 6.63. The van der Waals surface area contributed by atoms with E-state index in [1.54, 1.807) is 13.8 Å². The van der Waals surface area contributed by atoms with E-state index in [0.717, 1.165) is 43.5 Å². The summed E-state index contributed by atoms with van der Waals surface area (Å²) < 4.78 is 0. The highest BCUT2D eigenvalue weighted by atomic mass is 32.1. The Morgan fingerprint density at radius 2 is 1.50 bits per heavy atom. The number of hydrogen-bond donors (Lipinski definition) is 1. The Bertz CT molecular complexity index is 1090. The van der Waals surface area contributed by atoms with Crippen LogP contribution in [0, 0.1) is 47.9 Å². The molecule has 0 aliphatic carbocycles. The molecule has 2 aromatic heterocycles. The minimum absolute atomic E-state index is 0.890. The first-order chi connectivity index (χ1) is 13.3. The third-order valence-corrected chi connectivity index (χ3v) is 5.36. The van der Waals surface area contributed by atoms with Crippen molar-refractivity contribution in [1.29, 1.82) is 0 Å². The lowest BCUT2D eigenvalue weighted by molar-refractivity contribution is 0.143. The van der Waals surface area contributed by atoms with Gasteiger partial charge in [0.05, 0.1) is 19.5 Å². The summed E-state index contributed by atoms with van der Waals surface area (Å²) >= 11 is 3.05. The molecule has 0 radical (unpaired) electrons. The van der Waals surface area contributed by atoms with Gasteiger partial charge in [0.25, 0.3) is 0 Å². The second kappa shape index (κ2) is 10.0. The monoisotopic (exact) mass is 402 g/mol. The molecule has 2 heterocycles. The van der Waals surface area contributed by atoms with Crippen LogP contribution in [0.1, 0.15) is 60.0 Å². The van der Waals surface area contributed by atoms with Gasteiger partial charge in [-0.1, -0.05) is 54.8 Å². The van der Waals surface area contributed by atoms with Gasteiger partial charge in [0.15, 0.2) is 0 Å². The maximum absolute atomic E-state index is 9.71. The van der Waals surface area contributed by atoms with Crippen LogP contribution in [0.3, 0.4) is 0 Å². The van der Waals surface area contributed by atoms with E-state index in [0.29, 0.717) is 0 Å². The topological polar surface area (TPSA) is 20.2 Å². The first-order valence-electron chi connectivity index (χ1n) is 8.96. The molecule has 28 heavy (non-hydrogen) atoms. The van der Waals surface area contributed by atoms with Crippen LogP contribution in [0.25, 0.3) is 0 Å². The van der Waals surface area contributed by atoms with Crippen molar-refractivity contribution in [2.45, 2.75) is 46.1 Å². The number of aliphatic hydroxyl groups is 1. The Labute approximate surface area is 176 Å². The number of rotatable bonds is 2. The first kappa shape index (κ1) is 21.6. The Morgan fingerprint density at radius 3 is 2.04 bits per heavy atom. The van der Waals surface area contributed by atoms with Crippen molar-refractivity contribution in [1.82, 2.24) is 0 Å². The lowest BCUT2D eigenvalue weighted by Crippen LogP contribution is -2.14. The molecule has 1 N–H and O–H groups in total. The molecule has 0 atom stereocenters. The molecule has 0 aromatic carbocycles. The van der Waals surface area contributed by atoms with Gasteiger partial charge in [-0.3, -0.25) is 0 Å². The average molecular weight is 403 g/mol. The van der Waals surface area contributed by atoms with Gasteiger partial charge >= 0.3 is 0 Å². The predicted octanol–water partition coefficient (Wildman–Crippen LogP) is 5.43. The molecule has 140 valence electrons. The maximum Gasteiger partial charge on any atom is 0.120 e. The zero-order chi connectivity index (χ0) is 20.6. The largest absolute Gasteiger partial charge is 0.378 e. The summed E-state index contributed by atoms with van der Waals surface area (Å²) in [6.07, 6.45) is 7.31. The standard InChI is InChI=1S/C25H22OS2/c1-6-8-20(19(3)9-11-22-14-13-21(7-2)27-22)10-12-23-15-16-24(28-23)17-18-25(4,5)26/h2,13-16,26H,6,8H2,1,3-5H3/b20-19+. The first-order valence-corrected chi connectivity index (χ1v) is 10.6. The molecular formula is C25H22OS2. The van der Waals surface area contributed by atoms with E-state index < -0.39 is 5.60 Å². The maximum atomic E-state index is 9.71. The molecular weight excluding hydrogens is 380 g/mol. The molecule has 0 aliphatic heterocycles. The molecule has 2 aromatic rings. The van der Waals surface area contributed by atoms with Crippen LogP contribution in [0.15, 0.2) is 35.4 Å². The average Bonchev–Trinajstić information content (AvgIpc) is 3.30. The van der Waals surface area contributed by atoms with Gasteiger partial charge in [0.2, 0.25) is 0 Å². The van der Waals surface area contributed by atoms with E-state index >= 15 is 0 Å². The Hall–Kier alpha value is -2.66. The van der Waals surface area contributed by atoms with Gasteiger partial charge in [-0.2, -0.15) is 0 Å². The molecule has 0 fully saturated rings. The fourth-order valence-corrected chi connectivity index (χ4v) is 3.51. The molecule has 0 bridgehead atoms. The minimum atomic E-state index is -0.994. The molecule has 3 heteroatoms. The molecule has 1 nitrogen and oxygen atoms in total. The third-order valence-electron chi connectivity index (χ3n) is 3.51. The summed E-state index contributed by atoms with van der Waals surface area (Å²) in [7, 11) is 0. The van der Waals surface area contributed by atoms with Crippen LogP contribution < -0.4 is 0 Å². The van der Waals surface area contributed by atoms with Crippen molar-refractivity contribution in [3.8, 4) is 47.9 Å². The smallest absolute Gasteiger partial charge is 0.120 e. The van der Waals surface area contributed by atoms with Crippen molar-refractivity contribution < 1.29 is 5.11 Å². The summed E-state index contributed by atoms with van der Waals surface area (Å²) in [6, 6.07) is 7.76. The summed E-state index contributed by atoms with van der Waals surface area (Å²) in [5.41, 5.74) is 1.05. The predicted molar refractivity (Wildman–Crippen MR) is 121 cm³/mol. The fourth-order valence-electron chi connectivity index (χ4n) is 2.13. The van der Waals surface area contributed by atoms with E-state index in [2.05, 4.69) is 48.4 Å². The van der Waals surface area contributed by atoms with E-state index in [9.17, 15) is 5.11 Å². The molecule has 0 aliphatic rings. The molecule has 2 rings (SSSR count). The van der Waals surface area contributed by atoms with E-state index in [1.165, 1.54) is 22.7 Å². The molecule has 0 spiro atoms. The van der Waals surface area contributed by atoms with Crippen LogP contribution in [0.2, 0.25) is 0 Å². The SMILES string of the molecule is C#Cc1ccc(C#C/C(C)=C(/C#Cc2ccc(C#CC(C)(C)O)s2)CCC)s1. The minimum Gasteiger partial charge on any atom is -0.378 e. The van der Waals surface area contributed by atoms with Crippen LogP contribution >= 0.6 is 22.7 Å². The van der Waals surface area contributed by atoms with E-state index in [4.69, 9.17) is 6.42 Å². The van der Waals surface area contributed by atoms with E-state index in [1.807, 2.05) is 31.2 Å². The lowest BCUT2D eigenvalue weighted by Gasteiger charge is -2.05. The van der Waals surface area contributed by atoms with E-state index in [-0.39, 0.29) is 0 Å². The quantitative estimate of drug-likeness (QED) is 0.664. The third kappa shape index (κ3) is 7.16. The van der Waals surface area contributed by atoms with Crippen LogP contribution in [-0.2, 0) is 0 Å². The molecule has 0 saturated carbocycles. The van der Waals surface area contributed by atoms with Crippen molar-refractivity contribution in [3.05, 3.63) is 54.9 Å². The molecule has 0 amide bonds. The highest BCUT2D eigenvalue weighted by Gasteiger charge is 2.06. The lowest BCUT2D eigenvalue weighted by atomic mass is 10.1. The van der Waals surface area contributed by atoms with Gasteiger partial charge in [0.1, 0.15) is 5.60 Å². The Morgan fingerprint density at radius 1 is 0.964 bits per heavy atom. The highest BCUT2D eigenvalue weighted by molar-refractivity contribution is 7.13. The Kier molecular flexibility index (Phi) is 7.76. The summed E-state index contributed by atoms with van der Waals surface area (Å²) in [4.78, 5) is 3.70. The summed E-state index contributed by atoms with van der Waals surface area (Å²) in [5, 5.41) is 9.71. The normalized spacial score (nSPS) is 11.0. The highest BCUT2D eigenvalue weighted by Crippen LogP contribution is 2.17. The summed E-state index contributed by atoms with van der Waals surface area (Å²) in [6.45, 7) is 7.49. The fraction of sp³-hybridized carbons (Fsp3) is 0.280. The van der Waals surface area contributed by atoms with Gasteiger partial charge in [-0.25, -0.2) is 0 Å². The number of hydrogen-bond acceptors (Lipinski definition) is 3. The molecule has 0 saturated heterocycles. The van der Waals surface area contributed by atoms with Gasteiger partial charge in [-0.05, 0) is 51.5 Å². The van der Waals surface area contributed by atoms with Crippen LogP contribution in [-0.4, -0.2) is 10.7 Å². The number of allylic oxidation sites excluding steroid dienone is 2. The zero-order valence-corrected chi connectivity index (χ0v) is 18.2. The van der Waals surface area contributed by atoms with Crippen LogP contribution in [0.5, 0.6) is 0 Å². The van der Waals surface area contributed by atoms with Crippen molar-refractivity contribution >= 4 is 22.7 Å². The number of terminal acetylenes is 1. The number of thiophene rings is 2. The van der Waals surface area contributed by atoms with Crippen LogP contribution in [0.4, 0.5) is 0 Å². The summed E-state index contributed by atoms with van der Waals surface area (Å²) in [5.74, 6) is 21.4. The Balaban J connectivity index is 2.23. The van der Waals surface area contributed by atoms with Crippen molar-refractivity contribution in [2.24, 2.45) is 0 Å². The van der Waals surface area contributed by atoms with Crippen molar-refractivity contribution in [2.75, 3.05) is 0 Å². The zero-order valence-electron chi connectivity index (χ0n) is 16.6. The van der Waals surface area contributed by atoms with Gasteiger partial charge in [0, 0.05) is 11.1 Å². The molecule has 0 unspecified atom stereocenters. The van der Waals surface area contributed by atoms with Gasteiger partial charge < -0.3 is 5.11 Å². The van der Waals surface area contributed by atoms with Gasteiger partial charge in [-0.15, -0.1) is 29.1 Å².